The molecular formula is C29H33F3. The van der Waals surface area contributed by atoms with Gasteiger partial charge in [0.05, 0.1) is 0 Å². The maximum absolute atomic E-state index is 13.9. The van der Waals surface area contributed by atoms with E-state index in [-0.39, 0.29) is 5.39 Å². The molecule has 0 radical (unpaired) electrons. The molecule has 1 saturated carbocycles. The van der Waals surface area contributed by atoms with E-state index in [0.29, 0.717) is 11.3 Å². The van der Waals surface area contributed by atoms with Crippen molar-refractivity contribution < 1.29 is 13.2 Å². The number of hydrogen-bond acceptors (Lipinski definition) is 0. The Bertz CT molecular complexity index is 1030. The van der Waals surface area contributed by atoms with E-state index in [2.05, 4.69) is 31.2 Å². The third kappa shape index (κ3) is 5.36. The van der Waals surface area contributed by atoms with E-state index >= 15 is 0 Å². The van der Waals surface area contributed by atoms with E-state index in [4.69, 9.17) is 0 Å². The first kappa shape index (κ1) is 22.9. The number of halogens is 3. The lowest BCUT2D eigenvalue weighted by Gasteiger charge is -2.29. The lowest BCUT2D eigenvalue weighted by Crippen LogP contribution is -2.13. The van der Waals surface area contributed by atoms with Crippen LogP contribution in [-0.4, -0.2) is 0 Å². The molecule has 1 aliphatic rings. The second-order valence-corrected chi connectivity index (χ2v) is 9.50. The van der Waals surface area contributed by atoms with Crippen LogP contribution in [0.5, 0.6) is 0 Å². The van der Waals surface area contributed by atoms with Crippen molar-refractivity contribution in [2.45, 2.75) is 77.0 Å². The van der Waals surface area contributed by atoms with Crippen molar-refractivity contribution in [3.05, 3.63) is 82.7 Å². The Morgan fingerprint density at radius 1 is 0.750 bits per heavy atom. The van der Waals surface area contributed by atoms with Gasteiger partial charge >= 0.3 is 0 Å². The molecule has 3 aromatic carbocycles. The highest BCUT2D eigenvalue weighted by molar-refractivity contribution is 5.84. The Labute approximate surface area is 189 Å². The first-order valence-electron chi connectivity index (χ1n) is 12.2. The summed E-state index contributed by atoms with van der Waals surface area (Å²) in [5, 5.41) is 0.525. The third-order valence-corrected chi connectivity index (χ3v) is 7.25. The fourth-order valence-corrected chi connectivity index (χ4v) is 5.22. The van der Waals surface area contributed by atoms with Crippen LogP contribution in [0.15, 0.2) is 48.5 Å². The van der Waals surface area contributed by atoms with E-state index < -0.39 is 17.5 Å². The van der Waals surface area contributed by atoms with Crippen molar-refractivity contribution in [3.63, 3.8) is 0 Å². The average Bonchev–Trinajstić information content (AvgIpc) is 2.82. The number of hydrogen-bond donors (Lipinski definition) is 0. The summed E-state index contributed by atoms with van der Waals surface area (Å²) in [5.41, 5.74) is 3.71. The summed E-state index contributed by atoms with van der Waals surface area (Å²) >= 11 is 0. The van der Waals surface area contributed by atoms with Gasteiger partial charge < -0.3 is 0 Å². The van der Waals surface area contributed by atoms with Crippen molar-refractivity contribution in [3.8, 4) is 0 Å². The van der Waals surface area contributed by atoms with Crippen LogP contribution in [-0.2, 0) is 12.8 Å². The fourth-order valence-electron chi connectivity index (χ4n) is 5.22. The van der Waals surface area contributed by atoms with Gasteiger partial charge in [-0.3, -0.25) is 0 Å². The summed E-state index contributed by atoms with van der Waals surface area (Å²) in [6, 6.07) is 15.2. The van der Waals surface area contributed by atoms with E-state index in [1.807, 2.05) is 0 Å². The van der Waals surface area contributed by atoms with Gasteiger partial charge in [0.1, 0.15) is 0 Å². The van der Waals surface area contributed by atoms with Crippen LogP contribution in [0.1, 0.15) is 80.9 Å². The molecule has 32 heavy (non-hydrogen) atoms. The summed E-state index contributed by atoms with van der Waals surface area (Å²) in [6.45, 7) is 2.27. The molecule has 1 fully saturated rings. The Kier molecular flexibility index (Phi) is 7.55. The average molecular weight is 439 g/mol. The predicted octanol–water partition coefficient (Wildman–Crippen LogP) is 8.90. The summed E-state index contributed by atoms with van der Waals surface area (Å²) in [4.78, 5) is 0. The zero-order valence-electron chi connectivity index (χ0n) is 19.0. The predicted molar refractivity (Wildman–Crippen MR) is 127 cm³/mol. The van der Waals surface area contributed by atoms with Crippen LogP contribution < -0.4 is 0 Å². The minimum Gasteiger partial charge on any atom is -0.204 e. The van der Waals surface area contributed by atoms with Crippen molar-refractivity contribution in [1.29, 1.82) is 0 Å². The Hall–Kier alpha value is -2.29. The molecule has 0 N–H and O–H groups in total. The molecule has 0 bridgehead atoms. The smallest absolute Gasteiger partial charge is 0.195 e. The van der Waals surface area contributed by atoms with E-state index in [1.54, 1.807) is 18.2 Å². The van der Waals surface area contributed by atoms with Gasteiger partial charge in [0, 0.05) is 5.39 Å². The molecule has 0 aromatic heterocycles. The van der Waals surface area contributed by atoms with Crippen molar-refractivity contribution in [1.82, 2.24) is 0 Å². The first-order chi connectivity index (χ1) is 15.5. The molecule has 3 aromatic rings. The van der Waals surface area contributed by atoms with Crippen LogP contribution in [0.3, 0.4) is 0 Å². The maximum Gasteiger partial charge on any atom is 0.195 e. The van der Waals surface area contributed by atoms with Gasteiger partial charge in [0.15, 0.2) is 17.5 Å². The monoisotopic (exact) mass is 438 g/mol. The highest BCUT2D eigenvalue weighted by Crippen LogP contribution is 2.37. The Morgan fingerprint density at radius 2 is 1.44 bits per heavy atom. The molecule has 0 atom stereocenters. The normalized spacial score (nSPS) is 18.9. The molecule has 3 heteroatoms. The molecule has 0 saturated heterocycles. The Morgan fingerprint density at radius 3 is 2.16 bits per heavy atom. The van der Waals surface area contributed by atoms with E-state index in [1.165, 1.54) is 62.5 Å². The molecule has 0 unspecified atom stereocenters. The quantitative estimate of drug-likeness (QED) is 0.243. The molecule has 0 amide bonds. The van der Waals surface area contributed by atoms with Gasteiger partial charge in [-0.25, -0.2) is 13.2 Å². The number of unbranched alkanes of at least 4 members (excludes halogenated alkanes) is 2. The Balaban J connectivity index is 1.32. The summed E-state index contributed by atoms with van der Waals surface area (Å²) in [6.07, 6.45) is 12.4. The molecule has 170 valence electrons. The van der Waals surface area contributed by atoms with Crippen LogP contribution in [0.25, 0.3) is 10.8 Å². The minimum atomic E-state index is -1.41. The number of aryl methyl sites for hydroxylation is 2. The van der Waals surface area contributed by atoms with Gasteiger partial charge in [-0.15, -0.1) is 0 Å². The minimum absolute atomic E-state index is 0.122. The lowest BCUT2D eigenvalue weighted by molar-refractivity contribution is 0.303. The first-order valence-corrected chi connectivity index (χ1v) is 12.2. The van der Waals surface area contributed by atoms with Crippen LogP contribution >= 0.6 is 0 Å². The highest BCUT2D eigenvalue weighted by Gasteiger charge is 2.22. The zero-order chi connectivity index (χ0) is 22.5. The van der Waals surface area contributed by atoms with E-state index in [0.717, 1.165) is 30.4 Å². The second-order valence-electron chi connectivity index (χ2n) is 9.50. The van der Waals surface area contributed by atoms with Crippen LogP contribution in [0, 0.1) is 23.4 Å². The maximum atomic E-state index is 13.9. The third-order valence-electron chi connectivity index (χ3n) is 7.25. The topological polar surface area (TPSA) is 0 Å². The standard InChI is InChI=1S/C29H33F3/c1-2-3-4-5-20-8-13-23(14-9-20)24-15-10-21(11-16-24)6-7-22-12-17-26-25(18-22)19-27(30)29(32)28(26)31/h10-12,15-20,23H,2-9,13-14H2,1H3. The van der Waals surface area contributed by atoms with Gasteiger partial charge in [0.25, 0.3) is 0 Å². The fraction of sp³-hybridized carbons (Fsp3) is 0.448. The summed E-state index contributed by atoms with van der Waals surface area (Å²) < 4.78 is 40.9. The summed E-state index contributed by atoms with van der Waals surface area (Å²) in [5.74, 6) is -2.04. The van der Waals surface area contributed by atoms with Gasteiger partial charge in [0.2, 0.25) is 0 Å². The number of benzene rings is 3. The molecule has 0 aliphatic heterocycles. The van der Waals surface area contributed by atoms with Crippen LogP contribution in [0.2, 0.25) is 0 Å². The van der Waals surface area contributed by atoms with Gasteiger partial charge in [-0.2, -0.15) is 0 Å². The van der Waals surface area contributed by atoms with Crippen LogP contribution in [0.4, 0.5) is 13.2 Å². The molecule has 1 aliphatic carbocycles. The van der Waals surface area contributed by atoms with Crippen molar-refractivity contribution in [2.24, 2.45) is 5.92 Å². The zero-order valence-corrected chi connectivity index (χ0v) is 19.0. The molecule has 4 rings (SSSR count). The number of rotatable bonds is 8. The molecular weight excluding hydrogens is 405 g/mol. The lowest BCUT2D eigenvalue weighted by atomic mass is 9.77. The molecule has 0 nitrogen and oxygen atoms in total. The van der Waals surface area contributed by atoms with E-state index in [9.17, 15) is 13.2 Å². The summed E-state index contributed by atoms with van der Waals surface area (Å²) in [7, 11) is 0. The SMILES string of the molecule is CCCCCC1CCC(c2ccc(CCc3ccc4c(F)c(F)c(F)cc4c3)cc2)CC1. The van der Waals surface area contributed by atoms with Gasteiger partial charge in [-0.05, 0) is 78.5 Å². The highest BCUT2D eigenvalue weighted by atomic mass is 19.2. The van der Waals surface area contributed by atoms with Crippen molar-refractivity contribution >= 4 is 10.8 Å². The number of fused-ring (bicyclic) bond motifs is 1. The molecule has 0 spiro atoms. The molecule has 0 heterocycles. The van der Waals surface area contributed by atoms with Crippen molar-refractivity contribution in [2.75, 3.05) is 0 Å². The largest absolute Gasteiger partial charge is 0.204 e. The second kappa shape index (κ2) is 10.6. The van der Waals surface area contributed by atoms with Gasteiger partial charge in [-0.1, -0.05) is 75.1 Å².